The highest BCUT2D eigenvalue weighted by molar-refractivity contribution is 6.32. The molecule has 3 aromatic rings. The Morgan fingerprint density at radius 2 is 1.64 bits per heavy atom. The zero-order valence-electron chi connectivity index (χ0n) is 20.7. The van der Waals surface area contributed by atoms with E-state index in [-0.39, 0.29) is 5.91 Å². The summed E-state index contributed by atoms with van der Waals surface area (Å²) < 4.78 is 1.78. The van der Waals surface area contributed by atoms with E-state index in [2.05, 4.69) is 5.32 Å². The Hall–Kier alpha value is -2.30. The monoisotopic (exact) mass is 521 g/mol. The lowest BCUT2D eigenvalue weighted by molar-refractivity contribution is -0.0401. The van der Waals surface area contributed by atoms with Crippen LogP contribution < -0.4 is 5.32 Å². The van der Waals surface area contributed by atoms with Crippen LogP contribution in [0.4, 0.5) is 0 Å². The predicted octanol–water partition coefficient (Wildman–Crippen LogP) is 7.74. The predicted molar refractivity (Wildman–Crippen MR) is 146 cm³/mol. The second-order valence-electron chi connectivity index (χ2n) is 11.2. The number of hydrogen-bond donors (Lipinski definition) is 1. The Balaban J connectivity index is 1.18. The van der Waals surface area contributed by atoms with Gasteiger partial charge in [-0.2, -0.15) is 5.10 Å². The van der Waals surface area contributed by atoms with Crippen molar-refractivity contribution in [1.29, 1.82) is 0 Å². The van der Waals surface area contributed by atoms with E-state index < -0.39 is 0 Å². The highest BCUT2D eigenvalue weighted by atomic mass is 35.5. The van der Waals surface area contributed by atoms with Crippen molar-refractivity contribution < 1.29 is 4.79 Å². The fourth-order valence-electron chi connectivity index (χ4n) is 7.59. The summed E-state index contributed by atoms with van der Waals surface area (Å²) in [5, 5.41) is 9.16. The van der Waals surface area contributed by atoms with Crippen LogP contribution in [0, 0.1) is 36.5 Å². The molecule has 6 heteroatoms. The minimum Gasteiger partial charge on any atom is -0.351 e. The summed E-state index contributed by atoms with van der Waals surface area (Å²) in [5.41, 5.74) is 3.79. The zero-order valence-corrected chi connectivity index (χ0v) is 22.2. The molecule has 7 rings (SSSR count). The largest absolute Gasteiger partial charge is 0.351 e. The lowest BCUT2D eigenvalue weighted by Gasteiger charge is -2.54. The SMILES string of the molecule is Cc1c(C(=O)NCCCC2C3CC4CC(C3)CC2C4)nn(-c2ccccc2Cl)c1-c1ccc(Cl)cc1. The van der Waals surface area contributed by atoms with Crippen molar-refractivity contribution in [3.8, 4) is 16.9 Å². The van der Waals surface area contributed by atoms with Gasteiger partial charge in [-0.3, -0.25) is 4.79 Å². The third kappa shape index (κ3) is 4.48. The molecule has 1 N–H and O–H groups in total. The summed E-state index contributed by atoms with van der Waals surface area (Å²) in [6.07, 6.45) is 9.58. The first-order valence-corrected chi connectivity index (χ1v) is 14.1. The van der Waals surface area contributed by atoms with Crippen molar-refractivity contribution in [1.82, 2.24) is 15.1 Å². The molecular formula is C30H33Cl2N3O. The number of rotatable bonds is 7. The van der Waals surface area contributed by atoms with Gasteiger partial charge in [0.1, 0.15) is 0 Å². The van der Waals surface area contributed by atoms with E-state index in [1.165, 1.54) is 38.5 Å². The second-order valence-corrected chi connectivity index (χ2v) is 12.0. The number of aromatic nitrogens is 2. The Morgan fingerprint density at radius 3 is 2.31 bits per heavy atom. The summed E-state index contributed by atoms with van der Waals surface area (Å²) in [6, 6.07) is 15.2. The molecule has 4 aliphatic rings. The molecular weight excluding hydrogens is 489 g/mol. The lowest BCUT2D eigenvalue weighted by Crippen LogP contribution is -2.45. The number of para-hydroxylation sites is 1. The molecule has 1 heterocycles. The van der Waals surface area contributed by atoms with Crippen molar-refractivity contribution in [2.24, 2.45) is 29.6 Å². The Morgan fingerprint density at radius 1 is 0.972 bits per heavy atom. The molecule has 1 amide bonds. The zero-order chi connectivity index (χ0) is 24.8. The molecule has 4 saturated carbocycles. The Bertz CT molecular complexity index is 1240. The number of amides is 1. The maximum absolute atomic E-state index is 13.3. The topological polar surface area (TPSA) is 46.9 Å². The fraction of sp³-hybridized carbons (Fsp3) is 0.467. The van der Waals surface area contributed by atoms with Crippen molar-refractivity contribution >= 4 is 29.1 Å². The molecule has 1 aromatic heterocycles. The highest BCUT2D eigenvalue weighted by Gasteiger charge is 2.47. The molecule has 2 aromatic carbocycles. The van der Waals surface area contributed by atoms with Crippen LogP contribution in [0.3, 0.4) is 0 Å². The minimum atomic E-state index is -0.126. The van der Waals surface area contributed by atoms with Crippen molar-refractivity contribution in [2.45, 2.75) is 51.9 Å². The number of carbonyl (C=O) groups is 1. The molecule has 0 aliphatic heterocycles. The van der Waals surface area contributed by atoms with Crippen LogP contribution in [0.5, 0.6) is 0 Å². The van der Waals surface area contributed by atoms with Crippen LogP contribution in [0.1, 0.15) is 61.0 Å². The Kier molecular flexibility index (Phi) is 6.60. The summed E-state index contributed by atoms with van der Waals surface area (Å²) in [4.78, 5) is 13.3. The number of halogens is 2. The third-order valence-corrected chi connectivity index (χ3v) is 9.53. The average molecular weight is 523 g/mol. The van der Waals surface area contributed by atoms with E-state index >= 15 is 0 Å². The summed E-state index contributed by atoms with van der Waals surface area (Å²) >= 11 is 12.7. The summed E-state index contributed by atoms with van der Waals surface area (Å²) in [7, 11) is 0. The quantitative estimate of drug-likeness (QED) is 0.323. The van der Waals surface area contributed by atoms with E-state index in [4.69, 9.17) is 28.3 Å². The van der Waals surface area contributed by atoms with E-state index in [1.54, 1.807) is 4.68 Å². The maximum atomic E-state index is 13.3. The van der Waals surface area contributed by atoms with Gasteiger partial charge in [0, 0.05) is 22.7 Å². The fourth-order valence-corrected chi connectivity index (χ4v) is 7.93. The smallest absolute Gasteiger partial charge is 0.272 e. The number of benzene rings is 2. The van der Waals surface area contributed by atoms with E-state index in [9.17, 15) is 4.79 Å². The molecule has 0 atom stereocenters. The normalized spacial score (nSPS) is 26.4. The molecule has 0 unspecified atom stereocenters. The molecule has 0 saturated heterocycles. The summed E-state index contributed by atoms with van der Waals surface area (Å²) in [5.74, 6) is 4.63. The van der Waals surface area contributed by atoms with Crippen LogP contribution in [0.25, 0.3) is 16.9 Å². The van der Waals surface area contributed by atoms with Gasteiger partial charge >= 0.3 is 0 Å². The third-order valence-electron chi connectivity index (χ3n) is 8.96. The van der Waals surface area contributed by atoms with Gasteiger partial charge in [-0.15, -0.1) is 0 Å². The van der Waals surface area contributed by atoms with Gasteiger partial charge in [0.05, 0.1) is 16.4 Å². The second kappa shape index (κ2) is 9.87. The van der Waals surface area contributed by atoms with Crippen molar-refractivity contribution in [3.63, 3.8) is 0 Å². The van der Waals surface area contributed by atoms with Gasteiger partial charge in [0.25, 0.3) is 5.91 Å². The standard InChI is InChI=1S/C30H33Cl2N3O/c1-18-28(30(36)33-12-4-5-25-22-14-19-13-20(16-22)17-23(25)15-19)34-35(27-7-3-2-6-26(27)32)29(18)21-8-10-24(31)11-9-21/h2-3,6-11,19-20,22-23,25H,4-5,12-17H2,1H3,(H,33,36). The number of carbonyl (C=O) groups excluding carboxylic acids is 1. The number of hydrogen-bond acceptors (Lipinski definition) is 2. The van der Waals surface area contributed by atoms with E-state index in [0.717, 1.165) is 58.5 Å². The van der Waals surface area contributed by atoms with Crippen molar-refractivity contribution in [3.05, 3.63) is 69.8 Å². The molecule has 4 nitrogen and oxygen atoms in total. The molecule has 188 valence electrons. The average Bonchev–Trinajstić information content (AvgIpc) is 3.20. The van der Waals surface area contributed by atoms with E-state index in [0.29, 0.717) is 22.3 Å². The lowest BCUT2D eigenvalue weighted by atomic mass is 9.51. The van der Waals surface area contributed by atoms with Gasteiger partial charge < -0.3 is 5.32 Å². The molecule has 0 spiro atoms. The van der Waals surface area contributed by atoms with Crippen LogP contribution in [0.2, 0.25) is 10.0 Å². The van der Waals surface area contributed by atoms with Crippen LogP contribution in [-0.4, -0.2) is 22.2 Å². The number of nitrogens with zero attached hydrogens (tertiary/aromatic N) is 2. The molecule has 36 heavy (non-hydrogen) atoms. The Labute approximate surface area is 223 Å². The first-order valence-electron chi connectivity index (χ1n) is 13.4. The first kappa shape index (κ1) is 24.1. The number of nitrogens with one attached hydrogen (secondary N) is 1. The molecule has 0 radical (unpaired) electrons. The maximum Gasteiger partial charge on any atom is 0.272 e. The van der Waals surface area contributed by atoms with Crippen LogP contribution in [0.15, 0.2) is 48.5 Å². The van der Waals surface area contributed by atoms with Gasteiger partial charge in [-0.05, 0) is 106 Å². The highest BCUT2D eigenvalue weighted by Crippen LogP contribution is 2.57. The van der Waals surface area contributed by atoms with Gasteiger partial charge in [0.15, 0.2) is 5.69 Å². The van der Waals surface area contributed by atoms with Gasteiger partial charge in [-0.1, -0.05) is 47.5 Å². The van der Waals surface area contributed by atoms with Crippen LogP contribution in [-0.2, 0) is 0 Å². The minimum absolute atomic E-state index is 0.126. The molecule has 4 aliphatic carbocycles. The first-order chi connectivity index (χ1) is 17.5. The van der Waals surface area contributed by atoms with Gasteiger partial charge in [-0.25, -0.2) is 4.68 Å². The van der Waals surface area contributed by atoms with Crippen LogP contribution >= 0.6 is 23.2 Å². The molecule has 4 fully saturated rings. The van der Waals surface area contributed by atoms with Crippen molar-refractivity contribution in [2.75, 3.05) is 6.54 Å². The summed E-state index contributed by atoms with van der Waals surface area (Å²) in [6.45, 7) is 2.64. The van der Waals surface area contributed by atoms with Gasteiger partial charge in [0.2, 0.25) is 0 Å². The molecule has 4 bridgehead atoms. The van der Waals surface area contributed by atoms with E-state index in [1.807, 2.05) is 55.5 Å².